The van der Waals surface area contributed by atoms with Gasteiger partial charge in [-0.2, -0.15) is 0 Å². The summed E-state index contributed by atoms with van der Waals surface area (Å²) in [5.41, 5.74) is 11.9. The second-order valence-corrected chi connectivity index (χ2v) is 4.60. The molecule has 0 saturated heterocycles. The van der Waals surface area contributed by atoms with Crippen LogP contribution in [0.15, 0.2) is 0 Å². The van der Waals surface area contributed by atoms with Crippen LogP contribution < -0.4 is 11.5 Å². The van der Waals surface area contributed by atoms with E-state index in [1.165, 1.54) is 38.5 Å². The first-order valence-electron chi connectivity index (χ1n) is 5.28. The highest BCUT2D eigenvalue weighted by Crippen LogP contribution is 2.39. The van der Waals surface area contributed by atoms with Gasteiger partial charge < -0.3 is 11.5 Å². The van der Waals surface area contributed by atoms with E-state index in [0.29, 0.717) is 0 Å². The van der Waals surface area contributed by atoms with Gasteiger partial charge in [0.15, 0.2) is 0 Å². The first kappa shape index (κ1) is 8.52. The van der Waals surface area contributed by atoms with Gasteiger partial charge in [-0.15, -0.1) is 0 Å². The highest BCUT2D eigenvalue weighted by atomic mass is 14.8. The van der Waals surface area contributed by atoms with E-state index in [4.69, 9.17) is 11.5 Å². The molecular formula is C10H20N2. The van der Waals surface area contributed by atoms with Crippen molar-refractivity contribution in [2.24, 2.45) is 23.3 Å². The normalized spacial score (nSPS) is 48.5. The van der Waals surface area contributed by atoms with Crippen molar-refractivity contribution < 1.29 is 0 Å². The molecule has 0 bridgehead atoms. The van der Waals surface area contributed by atoms with E-state index >= 15 is 0 Å². The molecule has 2 nitrogen and oxygen atoms in total. The van der Waals surface area contributed by atoms with Crippen LogP contribution >= 0.6 is 0 Å². The molecule has 12 heavy (non-hydrogen) atoms. The molecule has 2 fully saturated rings. The third-order valence-corrected chi connectivity index (χ3v) is 3.77. The monoisotopic (exact) mass is 168 g/mol. The molecule has 0 heterocycles. The average Bonchev–Trinajstić information content (AvgIpc) is 2.07. The molecule has 0 amide bonds. The maximum absolute atomic E-state index is 5.96. The lowest BCUT2D eigenvalue weighted by Gasteiger charge is -2.41. The minimum Gasteiger partial charge on any atom is -0.326 e. The minimum atomic E-state index is 0.282. The summed E-state index contributed by atoms with van der Waals surface area (Å²) in [5, 5.41) is 0. The minimum absolute atomic E-state index is 0.282. The largest absolute Gasteiger partial charge is 0.326 e. The Labute approximate surface area is 74.7 Å². The smallest absolute Gasteiger partial charge is 0.0195 e. The standard InChI is InChI=1S/C10H20N2/c11-9-5-7-3-1-2-4-8(7)6-10(9)12/h7-10H,1-6,11-12H2/t7-,8-,9-,10+/m0/s1. The van der Waals surface area contributed by atoms with Crippen molar-refractivity contribution in [2.75, 3.05) is 0 Å². The predicted molar refractivity (Wildman–Crippen MR) is 50.6 cm³/mol. The van der Waals surface area contributed by atoms with Gasteiger partial charge in [0.05, 0.1) is 0 Å². The predicted octanol–water partition coefficient (Wildman–Crippen LogP) is 1.24. The van der Waals surface area contributed by atoms with Crippen LogP contribution in [-0.4, -0.2) is 12.1 Å². The van der Waals surface area contributed by atoms with Crippen molar-refractivity contribution in [3.63, 3.8) is 0 Å². The topological polar surface area (TPSA) is 52.0 Å². The molecular weight excluding hydrogens is 148 g/mol. The van der Waals surface area contributed by atoms with Crippen LogP contribution in [0.2, 0.25) is 0 Å². The zero-order chi connectivity index (χ0) is 8.55. The summed E-state index contributed by atoms with van der Waals surface area (Å²) >= 11 is 0. The van der Waals surface area contributed by atoms with E-state index in [9.17, 15) is 0 Å². The van der Waals surface area contributed by atoms with Crippen molar-refractivity contribution in [3.05, 3.63) is 0 Å². The number of rotatable bonds is 0. The first-order valence-corrected chi connectivity index (χ1v) is 5.28. The van der Waals surface area contributed by atoms with Gasteiger partial charge in [-0.25, -0.2) is 0 Å². The molecule has 2 aliphatic rings. The Kier molecular flexibility index (Phi) is 2.37. The van der Waals surface area contributed by atoms with Crippen LogP contribution in [-0.2, 0) is 0 Å². The molecule has 2 aliphatic carbocycles. The molecule has 2 rings (SSSR count). The van der Waals surface area contributed by atoms with Gasteiger partial charge >= 0.3 is 0 Å². The van der Waals surface area contributed by atoms with Gasteiger partial charge in [0.1, 0.15) is 0 Å². The summed E-state index contributed by atoms with van der Waals surface area (Å²) in [5.74, 6) is 1.82. The van der Waals surface area contributed by atoms with Gasteiger partial charge in [-0.1, -0.05) is 25.7 Å². The second kappa shape index (κ2) is 3.35. The van der Waals surface area contributed by atoms with Gasteiger partial charge in [-0.05, 0) is 24.7 Å². The molecule has 2 heteroatoms. The Balaban J connectivity index is 1.98. The van der Waals surface area contributed by atoms with E-state index < -0.39 is 0 Å². The Morgan fingerprint density at radius 3 is 1.58 bits per heavy atom. The SMILES string of the molecule is N[C@@H]1C[C@@H]2CCCC[C@H]2C[C@@H]1N. The molecule has 0 aromatic carbocycles. The number of nitrogens with two attached hydrogens (primary N) is 2. The summed E-state index contributed by atoms with van der Waals surface area (Å²) in [4.78, 5) is 0. The van der Waals surface area contributed by atoms with E-state index in [2.05, 4.69) is 0 Å². The molecule has 4 atom stereocenters. The van der Waals surface area contributed by atoms with E-state index in [1.807, 2.05) is 0 Å². The van der Waals surface area contributed by atoms with Crippen LogP contribution in [0.3, 0.4) is 0 Å². The van der Waals surface area contributed by atoms with E-state index in [0.717, 1.165) is 11.8 Å². The summed E-state index contributed by atoms with van der Waals surface area (Å²) < 4.78 is 0. The van der Waals surface area contributed by atoms with Gasteiger partial charge in [0, 0.05) is 12.1 Å². The average molecular weight is 168 g/mol. The lowest BCUT2D eigenvalue weighted by atomic mass is 9.68. The highest BCUT2D eigenvalue weighted by molar-refractivity contribution is 4.91. The third kappa shape index (κ3) is 1.50. The quantitative estimate of drug-likeness (QED) is 0.572. The number of hydrogen-bond acceptors (Lipinski definition) is 2. The molecule has 0 spiro atoms. The Hall–Kier alpha value is -0.0800. The fourth-order valence-electron chi connectivity index (χ4n) is 2.95. The van der Waals surface area contributed by atoms with Crippen molar-refractivity contribution in [1.29, 1.82) is 0 Å². The molecule has 0 aromatic rings. The number of fused-ring (bicyclic) bond motifs is 1. The fourth-order valence-corrected chi connectivity index (χ4v) is 2.95. The molecule has 4 N–H and O–H groups in total. The van der Waals surface area contributed by atoms with Crippen LogP contribution in [0.25, 0.3) is 0 Å². The maximum Gasteiger partial charge on any atom is 0.0195 e. The summed E-state index contributed by atoms with van der Waals surface area (Å²) in [6.07, 6.45) is 8.03. The van der Waals surface area contributed by atoms with Gasteiger partial charge in [0.2, 0.25) is 0 Å². The lowest BCUT2D eigenvalue weighted by molar-refractivity contribution is 0.141. The molecule has 70 valence electrons. The van der Waals surface area contributed by atoms with Gasteiger partial charge in [-0.3, -0.25) is 0 Å². The van der Waals surface area contributed by atoms with Crippen LogP contribution in [0, 0.1) is 11.8 Å². The van der Waals surface area contributed by atoms with Crippen molar-refractivity contribution in [2.45, 2.75) is 50.6 Å². The van der Waals surface area contributed by atoms with Crippen LogP contribution in [0.5, 0.6) is 0 Å². The fraction of sp³-hybridized carbons (Fsp3) is 1.00. The molecule has 0 unspecified atom stereocenters. The molecule has 0 aromatic heterocycles. The highest BCUT2D eigenvalue weighted by Gasteiger charge is 2.34. The summed E-state index contributed by atoms with van der Waals surface area (Å²) in [6, 6.07) is 0.564. The first-order chi connectivity index (χ1) is 5.77. The van der Waals surface area contributed by atoms with E-state index in [1.54, 1.807) is 0 Å². The van der Waals surface area contributed by atoms with Gasteiger partial charge in [0.25, 0.3) is 0 Å². The third-order valence-electron chi connectivity index (χ3n) is 3.77. The van der Waals surface area contributed by atoms with Crippen LogP contribution in [0.1, 0.15) is 38.5 Å². The zero-order valence-electron chi connectivity index (χ0n) is 7.71. The van der Waals surface area contributed by atoms with Crippen molar-refractivity contribution in [3.8, 4) is 0 Å². The Morgan fingerprint density at radius 1 is 0.750 bits per heavy atom. The van der Waals surface area contributed by atoms with Crippen molar-refractivity contribution >= 4 is 0 Å². The summed E-state index contributed by atoms with van der Waals surface area (Å²) in [7, 11) is 0. The molecule has 2 saturated carbocycles. The maximum atomic E-state index is 5.96. The summed E-state index contributed by atoms with van der Waals surface area (Å²) in [6.45, 7) is 0. The number of hydrogen-bond donors (Lipinski definition) is 2. The van der Waals surface area contributed by atoms with Crippen LogP contribution in [0.4, 0.5) is 0 Å². The Morgan fingerprint density at radius 2 is 1.17 bits per heavy atom. The van der Waals surface area contributed by atoms with Crippen molar-refractivity contribution in [1.82, 2.24) is 0 Å². The van der Waals surface area contributed by atoms with E-state index in [-0.39, 0.29) is 12.1 Å². The Bertz CT molecular complexity index is 140. The molecule has 0 radical (unpaired) electrons. The zero-order valence-corrected chi connectivity index (χ0v) is 7.71. The lowest BCUT2D eigenvalue weighted by Crippen LogP contribution is -2.49. The molecule has 0 aliphatic heterocycles. The second-order valence-electron chi connectivity index (χ2n) is 4.60.